The molecule has 3 aliphatic rings. The van der Waals surface area contributed by atoms with E-state index in [1.54, 1.807) is 0 Å². The van der Waals surface area contributed by atoms with Crippen molar-refractivity contribution in [3.8, 4) is 0 Å². The molecule has 6 heteroatoms. The Hall–Kier alpha value is 0.0500. The van der Waals surface area contributed by atoms with E-state index in [-0.39, 0.29) is 45.1 Å². The van der Waals surface area contributed by atoms with Gasteiger partial charge in [-0.25, -0.2) is 0 Å². The zero-order valence-corrected chi connectivity index (χ0v) is 16.2. The predicted octanol–water partition coefficient (Wildman–Crippen LogP) is 3.57. The second-order valence-corrected chi connectivity index (χ2v) is 9.35. The number of nitrogens with zero attached hydrogens (tertiary/aromatic N) is 1. The molecule has 1 aliphatic heterocycles. The van der Waals surface area contributed by atoms with Crippen LogP contribution in [0.3, 0.4) is 0 Å². The number of carbonyl (C=O) groups excluding carboxylic acids is 2. The van der Waals surface area contributed by atoms with Crippen LogP contribution in [-0.4, -0.2) is 21.5 Å². The molecule has 0 N–H and O–H groups in total. The van der Waals surface area contributed by atoms with Crippen molar-refractivity contribution in [1.82, 2.24) is 0 Å². The summed E-state index contributed by atoms with van der Waals surface area (Å²) in [6.07, 6.45) is 0.971. The van der Waals surface area contributed by atoms with E-state index in [9.17, 15) is 9.59 Å². The summed E-state index contributed by atoms with van der Waals surface area (Å²) < 4.78 is 1.09. The van der Waals surface area contributed by atoms with Gasteiger partial charge in [-0.1, -0.05) is 31.9 Å². The Morgan fingerprint density at radius 2 is 1.43 bits per heavy atom. The molecule has 4 rings (SSSR count). The first kappa shape index (κ1) is 14.6. The summed E-state index contributed by atoms with van der Waals surface area (Å²) in [6, 6.07) is 7.58. The van der Waals surface area contributed by atoms with Crippen LogP contribution < -0.4 is 4.90 Å². The Labute approximate surface area is 153 Å². The molecule has 0 aromatic heterocycles. The van der Waals surface area contributed by atoms with Gasteiger partial charge in [0, 0.05) is 13.2 Å². The van der Waals surface area contributed by atoms with Gasteiger partial charge in [-0.05, 0) is 65.1 Å². The largest absolute Gasteiger partial charge is 0.274 e. The smallest absolute Gasteiger partial charge is 0.238 e. The van der Waals surface area contributed by atoms with E-state index in [2.05, 4.69) is 54.5 Å². The molecular formula is C15H12Br2INO2. The molecule has 21 heavy (non-hydrogen) atoms. The maximum atomic E-state index is 12.8. The van der Waals surface area contributed by atoms with E-state index in [0.717, 1.165) is 9.99 Å². The van der Waals surface area contributed by atoms with Crippen molar-refractivity contribution in [3.63, 3.8) is 0 Å². The van der Waals surface area contributed by atoms with Crippen LogP contribution >= 0.6 is 54.5 Å². The van der Waals surface area contributed by atoms with Gasteiger partial charge >= 0.3 is 0 Å². The molecule has 2 saturated carbocycles. The quantitative estimate of drug-likeness (QED) is 0.320. The lowest BCUT2D eigenvalue weighted by atomic mass is 9.81. The van der Waals surface area contributed by atoms with Gasteiger partial charge in [0.25, 0.3) is 0 Å². The van der Waals surface area contributed by atoms with Gasteiger partial charge in [0.1, 0.15) is 0 Å². The van der Waals surface area contributed by atoms with Crippen LogP contribution in [0.15, 0.2) is 24.3 Å². The zero-order chi connectivity index (χ0) is 14.9. The Bertz CT molecular complexity index is 603. The minimum atomic E-state index is -0.139. The number of fused-ring (bicyclic) bond motifs is 5. The minimum Gasteiger partial charge on any atom is -0.274 e. The third kappa shape index (κ3) is 1.94. The molecule has 6 atom stereocenters. The lowest BCUT2D eigenvalue weighted by Gasteiger charge is -2.28. The van der Waals surface area contributed by atoms with Crippen LogP contribution in [0.4, 0.5) is 5.69 Å². The summed E-state index contributed by atoms with van der Waals surface area (Å²) in [5, 5.41) is 0. The van der Waals surface area contributed by atoms with Gasteiger partial charge in [0.05, 0.1) is 17.5 Å². The summed E-state index contributed by atoms with van der Waals surface area (Å²) >= 11 is 9.62. The SMILES string of the molecule is O=C1C2C3CC(C(Br)C3Br)C2C(=O)N1c1ccc(I)cc1. The molecule has 6 unspecified atom stereocenters. The highest BCUT2D eigenvalue weighted by Gasteiger charge is 2.66. The van der Waals surface area contributed by atoms with Crippen LogP contribution in [0.5, 0.6) is 0 Å². The van der Waals surface area contributed by atoms with Crippen LogP contribution in [0.25, 0.3) is 0 Å². The average Bonchev–Trinajstić information content (AvgIpc) is 3.06. The molecule has 1 aromatic carbocycles. The fraction of sp³-hybridized carbons (Fsp3) is 0.467. The Morgan fingerprint density at radius 3 is 1.90 bits per heavy atom. The number of hydrogen-bond donors (Lipinski definition) is 0. The monoisotopic (exact) mass is 523 g/mol. The third-order valence-electron chi connectivity index (χ3n) is 5.07. The first-order valence-corrected chi connectivity index (χ1v) is 9.83. The van der Waals surface area contributed by atoms with Crippen LogP contribution in [0.1, 0.15) is 6.42 Å². The van der Waals surface area contributed by atoms with Crippen molar-refractivity contribution in [1.29, 1.82) is 0 Å². The third-order valence-corrected chi connectivity index (χ3v) is 9.00. The van der Waals surface area contributed by atoms with E-state index in [4.69, 9.17) is 0 Å². The fourth-order valence-corrected chi connectivity index (χ4v) is 6.43. The van der Waals surface area contributed by atoms with Gasteiger partial charge in [0.2, 0.25) is 11.8 Å². The number of alkyl halides is 2. The standard InChI is InChI=1S/C15H12Br2INO2/c16-12-8-5-9(13(12)17)11-10(8)14(20)19(15(11)21)7-3-1-6(18)2-4-7/h1-4,8-13H,5H2. The number of amides is 2. The van der Waals surface area contributed by atoms with Crippen molar-refractivity contribution < 1.29 is 9.59 Å². The van der Waals surface area contributed by atoms with Gasteiger partial charge in [-0.15, -0.1) is 0 Å². The van der Waals surface area contributed by atoms with E-state index in [0.29, 0.717) is 5.69 Å². The normalized spacial score (nSPS) is 41.0. The first-order valence-electron chi connectivity index (χ1n) is 6.92. The van der Waals surface area contributed by atoms with Crippen LogP contribution in [0.2, 0.25) is 0 Å². The van der Waals surface area contributed by atoms with E-state index in [1.807, 2.05) is 24.3 Å². The number of carbonyl (C=O) groups is 2. The predicted molar refractivity (Wildman–Crippen MR) is 95.7 cm³/mol. The van der Waals surface area contributed by atoms with Crippen molar-refractivity contribution in [2.24, 2.45) is 23.7 Å². The van der Waals surface area contributed by atoms with Crippen LogP contribution in [-0.2, 0) is 9.59 Å². The van der Waals surface area contributed by atoms with E-state index >= 15 is 0 Å². The average molecular weight is 525 g/mol. The maximum Gasteiger partial charge on any atom is 0.238 e. The number of benzene rings is 1. The second-order valence-electron chi connectivity index (χ2n) is 5.99. The molecule has 2 aliphatic carbocycles. The molecule has 1 aromatic rings. The second kappa shape index (κ2) is 5.03. The maximum absolute atomic E-state index is 12.8. The minimum absolute atomic E-state index is 0.0115. The van der Waals surface area contributed by atoms with Crippen molar-refractivity contribution >= 4 is 72.0 Å². The van der Waals surface area contributed by atoms with E-state index in [1.165, 1.54) is 4.90 Å². The molecule has 1 saturated heterocycles. The highest BCUT2D eigenvalue weighted by atomic mass is 127. The first-order chi connectivity index (χ1) is 10.0. The Morgan fingerprint density at radius 1 is 0.952 bits per heavy atom. The molecule has 2 amide bonds. The molecule has 3 fully saturated rings. The molecule has 2 bridgehead atoms. The number of hydrogen-bond acceptors (Lipinski definition) is 2. The number of imide groups is 1. The summed E-state index contributed by atoms with van der Waals surface area (Å²) in [4.78, 5) is 27.6. The molecule has 1 heterocycles. The Kier molecular flexibility index (Phi) is 3.50. The van der Waals surface area contributed by atoms with Gasteiger partial charge in [-0.3, -0.25) is 14.5 Å². The van der Waals surface area contributed by atoms with E-state index < -0.39 is 0 Å². The lowest BCUT2D eigenvalue weighted by Crippen LogP contribution is -2.37. The highest BCUT2D eigenvalue weighted by molar-refractivity contribution is 14.1. The van der Waals surface area contributed by atoms with Gasteiger partial charge in [0.15, 0.2) is 0 Å². The molecular weight excluding hydrogens is 513 g/mol. The summed E-state index contributed by atoms with van der Waals surface area (Å²) in [6.45, 7) is 0. The molecule has 3 nitrogen and oxygen atoms in total. The number of halogens is 3. The topological polar surface area (TPSA) is 37.4 Å². The highest BCUT2D eigenvalue weighted by Crippen LogP contribution is 2.60. The van der Waals surface area contributed by atoms with Crippen molar-refractivity contribution in [2.75, 3.05) is 4.90 Å². The fourth-order valence-electron chi connectivity index (χ4n) is 4.19. The molecule has 0 radical (unpaired) electrons. The van der Waals surface area contributed by atoms with Crippen molar-refractivity contribution in [2.45, 2.75) is 16.1 Å². The number of anilines is 1. The number of rotatable bonds is 1. The summed E-state index contributed by atoms with van der Waals surface area (Å²) in [5.41, 5.74) is 0.705. The van der Waals surface area contributed by atoms with Crippen LogP contribution in [0, 0.1) is 27.2 Å². The summed E-state index contributed by atoms with van der Waals surface area (Å²) in [7, 11) is 0. The molecule has 110 valence electrons. The lowest BCUT2D eigenvalue weighted by molar-refractivity contribution is -0.123. The zero-order valence-electron chi connectivity index (χ0n) is 10.9. The Balaban J connectivity index is 1.73. The molecule has 0 spiro atoms. The summed E-state index contributed by atoms with van der Waals surface area (Å²) in [5.74, 6) is 0.245. The van der Waals surface area contributed by atoms with Gasteiger partial charge in [-0.2, -0.15) is 0 Å². The van der Waals surface area contributed by atoms with Gasteiger partial charge < -0.3 is 0 Å². The van der Waals surface area contributed by atoms with Crippen molar-refractivity contribution in [3.05, 3.63) is 27.8 Å².